The van der Waals surface area contributed by atoms with E-state index < -0.39 is 0 Å². The van der Waals surface area contributed by atoms with Crippen LogP contribution in [0.5, 0.6) is 0 Å². The van der Waals surface area contributed by atoms with Crippen molar-refractivity contribution in [3.8, 4) is 0 Å². The number of hydrogen-bond donors (Lipinski definition) is 1. The highest BCUT2D eigenvalue weighted by molar-refractivity contribution is 5.38. The van der Waals surface area contributed by atoms with E-state index in [2.05, 4.69) is 30.3 Å². The molecule has 3 aliphatic carbocycles. The van der Waals surface area contributed by atoms with Crippen LogP contribution in [0.2, 0.25) is 0 Å². The van der Waals surface area contributed by atoms with Crippen LogP contribution in [0.1, 0.15) is 24.8 Å². The molecule has 0 heterocycles. The zero-order chi connectivity index (χ0) is 8.94. The van der Waals surface area contributed by atoms with E-state index >= 15 is 0 Å². The molecule has 0 radical (unpaired) electrons. The molecule has 1 N–H and O–H groups in total. The summed E-state index contributed by atoms with van der Waals surface area (Å²) in [6.45, 7) is 0.390. The van der Waals surface area contributed by atoms with Crippen LogP contribution >= 0.6 is 0 Å². The molecule has 0 saturated heterocycles. The Morgan fingerprint density at radius 3 is 2.23 bits per heavy atom. The molecule has 1 nitrogen and oxygen atoms in total. The van der Waals surface area contributed by atoms with Crippen LogP contribution in [-0.2, 0) is 5.41 Å². The molecule has 1 aromatic rings. The Bertz CT molecular complexity index is 308. The first-order chi connectivity index (χ1) is 6.29. The van der Waals surface area contributed by atoms with Crippen LogP contribution in [0.15, 0.2) is 30.3 Å². The van der Waals surface area contributed by atoms with Crippen LogP contribution in [0.4, 0.5) is 0 Å². The predicted molar refractivity (Wildman–Crippen MR) is 51.5 cm³/mol. The third-order valence-electron chi connectivity index (χ3n) is 3.86. The van der Waals surface area contributed by atoms with E-state index in [0.717, 1.165) is 0 Å². The van der Waals surface area contributed by atoms with Gasteiger partial charge in [0.1, 0.15) is 0 Å². The molecule has 0 unspecified atom stereocenters. The van der Waals surface area contributed by atoms with E-state index in [4.69, 9.17) is 5.11 Å². The number of aliphatic hydroxyl groups is 1. The lowest BCUT2D eigenvalue weighted by Crippen LogP contribution is -2.66. The Morgan fingerprint density at radius 2 is 1.69 bits per heavy atom. The number of hydrogen-bond acceptors (Lipinski definition) is 1. The second-order valence-electron chi connectivity index (χ2n) is 4.83. The van der Waals surface area contributed by atoms with Crippen molar-refractivity contribution in [1.82, 2.24) is 0 Å². The third kappa shape index (κ3) is 0.806. The Morgan fingerprint density at radius 1 is 1.08 bits per heavy atom. The van der Waals surface area contributed by atoms with Gasteiger partial charge >= 0.3 is 0 Å². The fourth-order valence-electron chi connectivity index (χ4n) is 3.26. The normalized spacial score (nSPS) is 40.7. The van der Waals surface area contributed by atoms with Crippen LogP contribution in [0, 0.1) is 5.41 Å². The summed E-state index contributed by atoms with van der Waals surface area (Å²) in [5, 5.41) is 9.14. The van der Waals surface area contributed by atoms with Gasteiger partial charge in [0.15, 0.2) is 0 Å². The van der Waals surface area contributed by atoms with Gasteiger partial charge in [-0.1, -0.05) is 30.3 Å². The summed E-state index contributed by atoms with van der Waals surface area (Å²) < 4.78 is 0. The summed E-state index contributed by atoms with van der Waals surface area (Å²) in [5.74, 6) is 0. The van der Waals surface area contributed by atoms with Gasteiger partial charge in [-0.25, -0.2) is 0 Å². The van der Waals surface area contributed by atoms with Crippen molar-refractivity contribution in [2.24, 2.45) is 5.41 Å². The summed E-state index contributed by atoms with van der Waals surface area (Å²) in [5.41, 5.74) is 2.27. The zero-order valence-corrected chi connectivity index (χ0v) is 7.66. The fourth-order valence-corrected chi connectivity index (χ4v) is 3.26. The fraction of sp³-hybridized carbons (Fsp3) is 0.500. The van der Waals surface area contributed by atoms with Crippen molar-refractivity contribution in [1.29, 1.82) is 0 Å². The molecule has 3 fully saturated rings. The topological polar surface area (TPSA) is 20.2 Å². The summed E-state index contributed by atoms with van der Waals surface area (Å²) in [4.78, 5) is 0. The molecule has 3 aliphatic rings. The Labute approximate surface area is 78.4 Å². The molecular weight excluding hydrogens is 160 g/mol. The molecule has 1 aromatic carbocycles. The Balaban J connectivity index is 1.85. The monoisotopic (exact) mass is 174 g/mol. The SMILES string of the molecule is OCC12CC(c3ccccc3)(C1)C2. The van der Waals surface area contributed by atoms with E-state index in [1.54, 1.807) is 0 Å². The minimum atomic E-state index is 0.329. The molecule has 1 heteroatoms. The summed E-state index contributed by atoms with van der Waals surface area (Å²) in [7, 11) is 0. The van der Waals surface area contributed by atoms with Gasteiger partial charge in [-0.05, 0) is 35.7 Å². The van der Waals surface area contributed by atoms with Gasteiger partial charge in [-0.2, -0.15) is 0 Å². The first-order valence-corrected chi connectivity index (χ1v) is 4.95. The van der Waals surface area contributed by atoms with Crippen LogP contribution < -0.4 is 0 Å². The second-order valence-corrected chi connectivity index (χ2v) is 4.83. The maximum Gasteiger partial charge on any atom is 0.0488 e. The van der Waals surface area contributed by atoms with E-state index in [-0.39, 0.29) is 0 Å². The van der Waals surface area contributed by atoms with Gasteiger partial charge < -0.3 is 5.11 Å². The Kier molecular flexibility index (Phi) is 1.26. The van der Waals surface area contributed by atoms with E-state index in [1.807, 2.05) is 0 Å². The zero-order valence-electron chi connectivity index (χ0n) is 7.66. The number of benzene rings is 1. The minimum Gasteiger partial charge on any atom is -0.396 e. The molecule has 0 atom stereocenters. The number of aliphatic hydroxyl groups excluding tert-OH is 1. The first-order valence-electron chi connectivity index (χ1n) is 4.95. The molecule has 0 spiro atoms. The Hall–Kier alpha value is -0.820. The van der Waals surface area contributed by atoms with Crippen molar-refractivity contribution in [3.05, 3.63) is 35.9 Å². The van der Waals surface area contributed by atoms with Crippen molar-refractivity contribution in [3.63, 3.8) is 0 Å². The summed E-state index contributed by atoms with van der Waals surface area (Å²) >= 11 is 0. The molecule has 68 valence electrons. The predicted octanol–water partition coefficient (Wildman–Crippen LogP) is 2.10. The highest BCUT2D eigenvalue weighted by atomic mass is 16.3. The minimum absolute atomic E-state index is 0.329. The molecule has 2 bridgehead atoms. The molecule has 4 rings (SSSR count). The summed E-state index contributed by atoms with van der Waals surface area (Å²) in [6.07, 6.45) is 3.63. The van der Waals surface area contributed by atoms with Gasteiger partial charge in [-0.15, -0.1) is 0 Å². The van der Waals surface area contributed by atoms with Gasteiger partial charge in [0.25, 0.3) is 0 Å². The smallest absolute Gasteiger partial charge is 0.0488 e. The largest absolute Gasteiger partial charge is 0.396 e. The average Bonchev–Trinajstić information content (AvgIpc) is 2.02. The van der Waals surface area contributed by atoms with E-state index in [9.17, 15) is 0 Å². The van der Waals surface area contributed by atoms with Crippen LogP contribution in [0.3, 0.4) is 0 Å². The van der Waals surface area contributed by atoms with Crippen molar-refractivity contribution in [2.45, 2.75) is 24.7 Å². The lowest BCUT2D eigenvalue weighted by molar-refractivity contribution is -0.167. The lowest BCUT2D eigenvalue weighted by atomic mass is 9.34. The number of rotatable bonds is 2. The second kappa shape index (κ2) is 2.16. The molecule has 3 saturated carbocycles. The standard InChI is InChI=1S/C12H14O/c13-9-11-6-12(7-11,8-11)10-4-2-1-3-5-10/h1-5,13H,6-9H2. The highest BCUT2D eigenvalue weighted by Crippen LogP contribution is 2.73. The van der Waals surface area contributed by atoms with E-state index in [0.29, 0.717) is 17.4 Å². The van der Waals surface area contributed by atoms with Gasteiger partial charge in [-0.3, -0.25) is 0 Å². The van der Waals surface area contributed by atoms with E-state index in [1.165, 1.54) is 24.8 Å². The molecule has 0 amide bonds. The van der Waals surface area contributed by atoms with Gasteiger partial charge in [0.05, 0.1) is 0 Å². The maximum atomic E-state index is 9.14. The third-order valence-corrected chi connectivity index (χ3v) is 3.86. The molecule has 13 heavy (non-hydrogen) atoms. The highest BCUT2D eigenvalue weighted by Gasteiger charge is 2.67. The van der Waals surface area contributed by atoms with Crippen LogP contribution in [0.25, 0.3) is 0 Å². The van der Waals surface area contributed by atoms with Crippen LogP contribution in [-0.4, -0.2) is 11.7 Å². The van der Waals surface area contributed by atoms with Gasteiger partial charge in [0.2, 0.25) is 0 Å². The molecule has 0 aliphatic heterocycles. The first kappa shape index (κ1) is 7.57. The lowest BCUT2D eigenvalue weighted by Gasteiger charge is -2.70. The quantitative estimate of drug-likeness (QED) is 0.728. The van der Waals surface area contributed by atoms with Crippen molar-refractivity contribution < 1.29 is 5.11 Å². The summed E-state index contributed by atoms with van der Waals surface area (Å²) in [6, 6.07) is 10.7. The van der Waals surface area contributed by atoms with Crippen molar-refractivity contribution in [2.75, 3.05) is 6.61 Å². The average molecular weight is 174 g/mol. The van der Waals surface area contributed by atoms with Gasteiger partial charge in [0, 0.05) is 6.61 Å². The molecular formula is C12H14O. The maximum absolute atomic E-state index is 9.14. The van der Waals surface area contributed by atoms with Crippen molar-refractivity contribution >= 4 is 0 Å². The molecule has 0 aromatic heterocycles.